The average Bonchev–Trinajstić information content (AvgIpc) is 3.12. The number of rotatable bonds is 8. The number of carbonyl (C=O) groups excluding carboxylic acids is 2. The Balaban J connectivity index is 1.52. The van der Waals surface area contributed by atoms with Gasteiger partial charge in [-0.05, 0) is 48.9 Å². The van der Waals surface area contributed by atoms with Gasteiger partial charge < -0.3 is 19.9 Å². The standard InChI is InChI=1S/C21H22FN5O3S/c1-13-4-7-15(22)10-17(13)24-19(28)12-31-21-26-25-18(27(21)2)11-23-20(29)14-5-8-16(30-3)9-6-14/h4-10H,11-12H2,1-3H3,(H,23,29)(H,24,28). The fourth-order valence-electron chi connectivity index (χ4n) is 2.67. The van der Waals surface area contributed by atoms with Gasteiger partial charge in [-0.2, -0.15) is 0 Å². The van der Waals surface area contributed by atoms with Gasteiger partial charge >= 0.3 is 0 Å². The van der Waals surface area contributed by atoms with Crippen molar-refractivity contribution in [3.05, 3.63) is 65.2 Å². The third-order valence-electron chi connectivity index (χ3n) is 4.49. The highest BCUT2D eigenvalue weighted by Crippen LogP contribution is 2.19. The molecule has 0 spiro atoms. The van der Waals surface area contributed by atoms with Crippen LogP contribution in [0.2, 0.25) is 0 Å². The molecule has 2 amide bonds. The van der Waals surface area contributed by atoms with Crippen LogP contribution in [0.15, 0.2) is 47.6 Å². The summed E-state index contributed by atoms with van der Waals surface area (Å²) in [4.78, 5) is 24.5. The summed E-state index contributed by atoms with van der Waals surface area (Å²) in [6, 6.07) is 11.0. The first kappa shape index (κ1) is 22.3. The van der Waals surface area contributed by atoms with Gasteiger partial charge in [-0.15, -0.1) is 10.2 Å². The first-order valence-corrected chi connectivity index (χ1v) is 10.3. The number of benzene rings is 2. The number of thioether (sulfide) groups is 1. The van der Waals surface area contributed by atoms with E-state index in [1.54, 1.807) is 56.0 Å². The molecule has 3 aromatic rings. The van der Waals surface area contributed by atoms with Crippen LogP contribution in [0.3, 0.4) is 0 Å². The zero-order valence-corrected chi connectivity index (χ0v) is 18.1. The Morgan fingerprint density at radius 1 is 1.16 bits per heavy atom. The SMILES string of the molecule is COc1ccc(C(=O)NCc2nnc(SCC(=O)Nc3cc(F)ccc3C)n2C)cc1. The van der Waals surface area contributed by atoms with E-state index in [1.165, 1.54) is 23.9 Å². The lowest BCUT2D eigenvalue weighted by Gasteiger charge is -2.08. The van der Waals surface area contributed by atoms with Gasteiger partial charge in [-0.25, -0.2) is 4.39 Å². The number of nitrogens with one attached hydrogen (secondary N) is 2. The Kier molecular flexibility index (Phi) is 7.24. The Labute approximate surface area is 183 Å². The first-order valence-electron chi connectivity index (χ1n) is 9.36. The third-order valence-corrected chi connectivity index (χ3v) is 5.51. The van der Waals surface area contributed by atoms with Gasteiger partial charge in [-0.1, -0.05) is 17.8 Å². The number of aromatic nitrogens is 3. The molecule has 31 heavy (non-hydrogen) atoms. The van der Waals surface area contributed by atoms with Gasteiger partial charge in [0.1, 0.15) is 11.6 Å². The molecule has 0 fully saturated rings. The van der Waals surface area contributed by atoms with E-state index in [2.05, 4.69) is 20.8 Å². The third kappa shape index (κ3) is 5.82. The first-order chi connectivity index (χ1) is 14.9. The molecule has 0 unspecified atom stereocenters. The normalized spacial score (nSPS) is 10.6. The molecule has 0 aliphatic rings. The van der Waals surface area contributed by atoms with Crippen LogP contribution in [0.4, 0.5) is 10.1 Å². The van der Waals surface area contributed by atoms with Gasteiger partial charge in [0.05, 0.1) is 19.4 Å². The number of carbonyl (C=O) groups is 2. The lowest BCUT2D eigenvalue weighted by molar-refractivity contribution is -0.113. The van der Waals surface area contributed by atoms with Crippen LogP contribution in [0.1, 0.15) is 21.7 Å². The highest BCUT2D eigenvalue weighted by atomic mass is 32.2. The fraction of sp³-hybridized carbons (Fsp3) is 0.238. The van der Waals surface area contributed by atoms with Crippen LogP contribution in [-0.4, -0.2) is 39.4 Å². The summed E-state index contributed by atoms with van der Waals surface area (Å²) in [5.74, 6) is 0.359. The maximum atomic E-state index is 13.4. The fourth-order valence-corrected chi connectivity index (χ4v) is 3.40. The van der Waals surface area contributed by atoms with E-state index in [-0.39, 0.29) is 24.1 Å². The Morgan fingerprint density at radius 3 is 2.61 bits per heavy atom. The van der Waals surface area contributed by atoms with E-state index in [4.69, 9.17) is 4.74 Å². The van der Waals surface area contributed by atoms with Crippen LogP contribution in [0, 0.1) is 12.7 Å². The second kappa shape index (κ2) is 10.1. The lowest BCUT2D eigenvalue weighted by Crippen LogP contribution is -2.24. The molecule has 1 aromatic heterocycles. The minimum absolute atomic E-state index is 0.0835. The van der Waals surface area contributed by atoms with Gasteiger partial charge in [0, 0.05) is 18.3 Å². The van der Waals surface area contributed by atoms with Crippen molar-refractivity contribution in [1.29, 1.82) is 0 Å². The number of nitrogens with zero attached hydrogens (tertiary/aromatic N) is 3. The summed E-state index contributed by atoms with van der Waals surface area (Å²) < 4.78 is 20.2. The van der Waals surface area contributed by atoms with Gasteiger partial charge in [0.2, 0.25) is 5.91 Å². The van der Waals surface area contributed by atoms with Crippen molar-refractivity contribution in [3.63, 3.8) is 0 Å². The van der Waals surface area contributed by atoms with Crippen LogP contribution in [0.25, 0.3) is 0 Å². The monoisotopic (exact) mass is 443 g/mol. The van der Waals surface area contributed by atoms with E-state index >= 15 is 0 Å². The summed E-state index contributed by atoms with van der Waals surface area (Å²) in [5, 5.41) is 14.1. The molecule has 2 N–H and O–H groups in total. The average molecular weight is 444 g/mol. The van der Waals surface area contributed by atoms with Crippen LogP contribution >= 0.6 is 11.8 Å². The largest absolute Gasteiger partial charge is 0.497 e. The predicted octanol–water partition coefficient (Wildman–Crippen LogP) is 2.93. The van der Waals surface area contributed by atoms with Crippen molar-refractivity contribution in [1.82, 2.24) is 20.1 Å². The number of aryl methyl sites for hydroxylation is 1. The van der Waals surface area contributed by atoms with E-state index < -0.39 is 5.82 Å². The Bertz CT molecular complexity index is 1090. The molecule has 0 atom stereocenters. The van der Waals surface area contributed by atoms with E-state index in [0.717, 1.165) is 5.56 Å². The van der Waals surface area contributed by atoms with Crippen molar-refractivity contribution in [2.75, 3.05) is 18.2 Å². The number of amides is 2. The Hall–Kier alpha value is -3.40. The summed E-state index contributed by atoms with van der Waals surface area (Å²) in [6.45, 7) is 1.97. The van der Waals surface area contributed by atoms with E-state index in [9.17, 15) is 14.0 Å². The number of hydrogen-bond donors (Lipinski definition) is 2. The van der Waals surface area contributed by atoms with Gasteiger partial charge in [0.25, 0.3) is 5.91 Å². The summed E-state index contributed by atoms with van der Waals surface area (Å²) >= 11 is 1.20. The maximum Gasteiger partial charge on any atom is 0.251 e. The van der Waals surface area contributed by atoms with Crippen LogP contribution < -0.4 is 15.4 Å². The number of anilines is 1. The highest BCUT2D eigenvalue weighted by molar-refractivity contribution is 7.99. The molecule has 2 aromatic carbocycles. The van der Waals surface area contributed by atoms with Crippen molar-refractivity contribution < 1.29 is 18.7 Å². The second-order valence-corrected chi connectivity index (χ2v) is 7.61. The summed E-state index contributed by atoms with van der Waals surface area (Å²) in [6.07, 6.45) is 0. The molecule has 0 saturated carbocycles. The molecular formula is C21H22FN5O3S. The number of ether oxygens (including phenoxy) is 1. The van der Waals surface area contributed by atoms with Crippen molar-refractivity contribution in [2.45, 2.75) is 18.6 Å². The highest BCUT2D eigenvalue weighted by Gasteiger charge is 2.14. The molecular weight excluding hydrogens is 421 g/mol. The van der Waals surface area contributed by atoms with Gasteiger partial charge in [0.15, 0.2) is 11.0 Å². The van der Waals surface area contributed by atoms with Crippen molar-refractivity contribution in [3.8, 4) is 5.75 Å². The molecule has 162 valence electrons. The Morgan fingerprint density at radius 2 is 1.90 bits per heavy atom. The smallest absolute Gasteiger partial charge is 0.251 e. The minimum atomic E-state index is -0.414. The molecule has 0 radical (unpaired) electrons. The number of methoxy groups -OCH3 is 1. The topological polar surface area (TPSA) is 98.1 Å². The second-order valence-electron chi connectivity index (χ2n) is 6.67. The molecule has 0 bridgehead atoms. The van der Waals surface area contributed by atoms with E-state index in [1.807, 2.05) is 0 Å². The zero-order valence-electron chi connectivity index (χ0n) is 17.3. The molecule has 0 aliphatic heterocycles. The zero-order chi connectivity index (χ0) is 22.4. The minimum Gasteiger partial charge on any atom is -0.497 e. The molecule has 1 heterocycles. The van der Waals surface area contributed by atoms with Crippen molar-refractivity contribution >= 4 is 29.3 Å². The molecule has 3 rings (SSSR count). The van der Waals surface area contributed by atoms with Gasteiger partial charge in [-0.3, -0.25) is 9.59 Å². The van der Waals surface area contributed by atoms with Crippen molar-refractivity contribution in [2.24, 2.45) is 7.05 Å². The summed E-state index contributed by atoms with van der Waals surface area (Å²) in [5.41, 5.74) is 1.71. The quantitative estimate of drug-likeness (QED) is 0.520. The predicted molar refractivity (Wildman–Crippen MR) is 116 cm³/mol. The number of hydrogen-bond acceptors (Lipinski definition) is 6. The summed E-state index contributed by atoms with van der Waals surface area (Å²) in [7, 11) is 3.32. The number of halogens is 1. The lowest BCUT2D eigenvalue weighted by atomic mass is 10.2. The van der Waals surface area contributed by atoms with E-state index in [0.29, 0.717) is 28.0 Å². The van der Waals surface area contributed by atoms with Crippen LogP contribution in [0.5, 0.6) is 5.75 Å². The van der Waals surface area contributed by atoms with Crippen LogP contribution in [-0.2, 0) is 18.4 Å². The molecule has 0 saturated heterocycles. The maximum absolute atomic E-state index is 13.4. The molecule has 8 nitrogen and oxygen atoms in total. The molecule has 0 aliphatic carbocycles. The molecule has 10 heteroatoms.